The van der Waals surface area contributed by atoms with Gasteiger partial charge in [0.2, 0.25) is 0 Å². The number of rotatable bonds is 6. The second kappa shape index (κ2) is 8.08. The van der Waals surface area contributed by atoms with Gasteiger partial charge in [-0.1, -0.05) is 19.1 Å². The summed E-state index contributed by atoms with van der Waals surface area (Å²) in [5, 5.41) is 0. The first-order valence-corrected chi connectivity index (χ1v) is 9.06. The predicted octanol–water partition coefficient (Wildman–Crippen LogP) is 4.60. The number of hydrogen-bond donors (Lipinski definition) is 0. The van der Waals surface area contributed by atoms with Crippen molar-refractivity contribution in [1.82, 2.24) is 19.9 Å². The Morgan fingerprint density at radius 3 is 2.50 bits per heavy atom. The molecule has 1 atom stereocenters. The lowest BCUT2D eigenvalue weighted by atomic mass is 9.95. The highest BCUT2D eigenvalue weighted by molar-refractivity contribution is 5.57. The van der Waals surface area contributed by atoms with E-state index in [4.69, 9.17) is 9.40 Å². The molecule has 0 radical (unpaired) electrons. The molecule has 4 rings (SSSR count). The lowest BCUT2D eigenvalue weighted by Crippen LogP contribution is -2.04. The fourth-order valence-corrected chi connectivity index (χ4v) is 3.18. The third kappa shape index (κ3) is 4.28. The Labute approximate surface area is 162 Å². The van der Waals surface area contributed by atoms with Gasteiger partial charge in [-0.15, -0.1) is 0 Å². The van der Waals surface area contributed by atoms with Crippen LogP contribution in [-0.2, 0) is 12.8 Å². The summed E-state index contributed by atoms with van der Waals surface area (Å²) >= 11 is 0. The first-order chi connectivity index (χ1) is 13.7. The summed E-state index contributed by atoms with van der Waals surface area (Å²) in [5.74, 6) is 0.661. The maximum Gasteiger partial charge on any atom is 0.181 e. The predicted molar refractivity (Wildman–Crippen MR) is 103 cm³/mol. The molecule has 140 valence electrons. The molecule has 5 nitrogen and oxygen atoms in total. The second-order valence-electron chi connectivity index (χ2n) is 6.73. The Morgan fingerprint density at radius 2 is 1.79 bits per heavy atom. The van der Waals surface area contributed by atoms with E-state index in [1.807, 2.05) is 24.3 Å². The first kappa shape index (κ1) is 18.0. The van der Waals surface area contributed by atoms with Crippen LogP contribution in [0.2, 0.25) is 0 Å². The maximum atomic E-state index is 13.2. The van der Waals surface area contributed by atoms with Gasteiger partial charge >= 0.3 is 0 Å². The van der Waals surface area contributed by atoms with Gasteiger partial charge in [-0.3, -0.25) is 15.0 Å². The molecule has 0 aliphatic carbocycles. The summed E-state index contributed by atoms with van der Waals surface area (Å²) in [6.07, 6.45) is 9.47. The van der Waals surface area contributed by atoms with Gasteiger partial charge in [-0.05, 0) is 42.2 Å². The average Bonchev–Trinajstić information content (AvgIpc) is 3.24. The molecule has 1 aromatic carbocycles. The fourth-order valence-electron chi connectivity index (χ4n) is 3.18. The Kier molecular flexibility index (Phi) is 5.19. The lowest BCUT2D eigenvalue weighted by molar-refractivity contribution is 0.571. The largest absolute Gasteiger partial charge is 0.444 e. The van der Waals surface area contributed by atoms with E-state index in [2.05, 4.69) is 21.9 Å². The zero-order chi connectivity index (χ0) is 19.3. The minimum absolute atomic E-state index is 0.197. The third-order valence-electron chi connectivity index (χ3n) is 4.58. The van der Waals surface area contributed by atoms with Crippen molar-refractivity contribution in [3.05, 3.63) is 96.0 Å². The number of nitrogens with zero attached hydrogens (tertiary/aromatic N) is 4. The number of hydrogen-bond acceptors (Lipinski definition) is 5. The van der Waals surface area contributed by atoms with E-state index >= 15 is 0 Å². The van der Waals surface area contributed by atoms with Crippen LogP contribution < -0.4 is 0 Å². The van der Waals surface area contributed by atoms with Crippen LogP contribution in [0.25, 0.3) is 11.3 Å². The zero-order valence-corrected chi connectivity index (χ0v) is 15.4. The molecule has 0 saturated carbocycles. The normalized spacial score (nSPS) is 12.1. The number of oxazole rings is 1. The molecular formula is C22H19FN4O. The molecule has 0 amide bonds. The highest BCUT2D eigenvalue weighted by Gasteiger charge is 2.13. The number of aromatic nitrogens is 4. The average molecular weight is 374 g/mol. The zero-order valence-electron chi connectivity index (χ0n) is 15.4. The fraction of sp³-hybridized carbons (Fsp3) is 0.182. The van der Waals surface area contributed by atoms with Gasteiger partial charge in [-0.25, -0.2) is 9.37 Å². The van der Waals surface area contributed by atoms with Gasteiger partial charge in [0.05, 0.1) is 11.9 Å². The summed E-state index contributed by atoms with van der Waals surface area (Å²) in [4.78, 5) is 17.3. The van der Waals surface area contributed by atoms with E-state index in [-0.39, 0.29) is 11.7 Å². The van der Waals surface area contributed by atoms with E-state index < -0.39 is 0 Å². The van der Waals surface area contributed by atoms with Crippen molar-refractivity contribution in [2.75, 3.05) is 0 Å². The molecule has 0 bridgehead atoms. The van der Waals surface area contributed by atoms with Crippen molar-refractivity contribution in [3.8, 4) is 11.3 Å². The van der Waals surface area contributed by atoms with E-state index in [9.17, 15) is 4.39 Å². The quantitative estimate of drug-likeness (QED) is 0.493. The van der Waals surface area contributed by atoms with Gasteiger partial charge in [0.1, 0.15) is 5.82 Å². The van der Waals surface area contributed by atoms with E-state index in [1.54, 1.807) is 24.8 Å². The molecule has 28 heavy (non-hydrogen) atoms. The Hall–Kier alpha value is -3.41. The van der Waals surface area contributed by atoms with Gasteiger partial charge in [-0.2, -0.15) is 0 Å². The Morgan fingerprint density at radius 1 is 0.964 bits per heavy atom. The number of pyridine rings is 1. The highest BCUT2D eigenvalue weighted by Crippen LogP contribution is 2.25. The Bertz CT molecular complexity index is 1030. The molecule has 0 spiro atoms. The van der Waals surface area contributed by atoms with Crippen molar-refractivity contribution in [2.24, 2.45) is 0 Å². The van der Waals surface area contributed by atoms with Crippen LogP contribution >= 0.6 is 0 Å². The van der Waals surface area contributed by atoms with Crippen molar-refractivity contribution in [3.63, 3.8) is 0 Å². The summed E-state index contributed by atoms with van der Waals surface area (Å²) < 4.78 is 18.7. The van der Waals surface area contributed by atoms with Crippen LogP contribution in [0.3, 0.4) is 0 Å². The van der Waals surface area contributed by atoms with Crippen molar-refractivity contribution < 1.29 is 8.81 Å². The molecular weight excluding hydrogens is 355 g/mol. The number of benzene rings is 1. The van der Waals surface area contributed by atoms with E-state index in [1.165, 1.54) is 18.5 Å². The monoisotopic (exact) mass is 374 g/mol. The number of halogens is 1. The molecule has 0 saturated heterocycles. The topological polar surface area (TPSA) is 64.7 Å². The smallest absolute Gasteiger partial charge is 0.181 e. The van der Waals surface area contributed by atoms with Crippen LogP contribution in [0.1, 0.15) is 35.5 Å². The van der Waals surface area contributed by atoms with E-state index in [0.29, 0.717) is 12.2 Å². The summed E-state index contributed by atoms with van der Waals surface area (Å²) in [7, 11) is 0. The molecule has 6 heteroatoms. The molecule has 3 aromatic heterocycles. The van der Waals surface area contributed by atoms with Crippen molar-refractivity contribution in [2.45, 2.75) is 25.7 Å². The molecule has 4 aromatic rings. The van der Waals surface area contributed by atoms with Gasteiger partial charge in [0.15, 0.2) is 12.2 Å². The third-order valence-corrected chi connectivity index (χ3v) is 4.58. The summed E-state index contributed by atoms with van der Waals surface area (Å²) in [6.45, 7) is 2.11. The highest BCUT2D eigenvalue weighted by atomic mass is 19.1. The molecule has 0 aliphatic heterocycles. The molecule has 0 N–H and O–H groups in total. The molecule has 0 unspecified atom stereocenters. The molecule has 0 aliphatic rings. The van der Waals surface area contributed by atoms with Crippen molar-refractivity contribution in [1.29, 1.82) is 0 Å². The minimum Gasteiger partial charge on any atom is -0.444 e. The Balaban J connectivity index is 1.64. The van der Waals surface area contributed by atoms with Gasteiger partial charge in [0.25, 0.3) is 0 Å². The summed E-state index contributed by atoms with van der Waals surface area (Å²) in [5.41, 5.74) is 4.67. The van der Waals surface area contributed by atoms with Crippen molar-refractivity contribution >= 4 is 0 Å². The van der Waals surface area contributed by atoms with Gasteiger partial charge < -0.3 is 4.42 Å². The molecule has 0 fully saturated rings. The second-order valence-corrected chi connectivity index (χ2v) is 6.73. The van der Waals surface area contributed by atoms with Crippen LogP contribution in [0, 0.1) is 5.82 Å². The van der Waals surface area contributed by atoms with Crippen LogP contribution in [-0.4, -0.2) is 19.9 Å². The van der Waals surface area contributed by atoms with Crippen LogP contribution in [0.15, 0.2) is 72.0 Å². The van der Waals surface area contributed by atoms with Gasteiger partial charge in [0, 0.05) is 42.0 Å². The first-order valence-electron chi connectivity index (χ1n) is 9.06. The SMILES string of the molecule is C[C@H](Cc1cc(-c2cnco2)cc(Cc2cnccn2)n1)c1ccc(F)cc1. The van der Waals surface area contributed by atoms with E-state index in [0.717, 1.165) is 34.6 Å². The van der Waals surface area contributed by atoms with Crippen LogP contribution in [0.5, 0.6) is 0 Å². The maximum absolute atomic E-state index is 13.2. The van der Waals surface area contributed by atoms with Crippen LogP contribution in [0.4, 0.5) is 4.39 Å². The standard InChI is InChI=1S/C22H19FN4O/c1-15(16-2-4-18(23)5-3-16)8-19-9-17(22-13-25-14-28-22)10-20(27-19)11-21-12-24-6-7-26-21/h2-7,9-10,12-15H,8,11H2,1H3/t15-/m1/s1. The summed E-state index contributed by atoms with van der Waals surface area (Å²) in [6, 6.07) is 10.6. The minimum atomic E-state index is -0.229. The molecule has 3 heterocycles. The lowest BCUT2D eigenvalue weighted by Gasteiger charge is -2.13.